The summed E-state index contributed by atoms with van der Waals surface area (Å²) in [5, 5.41) is 23.1. The van der Waals surface area contributed by atoms with E-state index in [1.165, 1.54) is 5.57 Å². The Morgan fingerprint density at radius 2 is 2.03 bits per heavy atom. The van der Waals surface area contributed by atoms with E-state index in [4.69, 9.17) is 10.5 Å². The highest BCUT2D eigenvalue weighted by molar-refractivity contribution is 7.18. The molecule has 5 unspecified atom stereocenters. The van der Waals surface area contributed by atoms with Gasteiger partial charge in [-0.05, 0) is 62.6 Å². The fourth-order valence-corrected chi connectivity index (χ4v) is 6.06. The number of hydrogen-bond donors (Lipinski definition) is 3. The lowest BCUT2D eigenvalue weighted by Gasteiger charge is -2.36. The lowest BCUT2D eigenvalue weighted by atomic mass is 9.71. The van der Waals surface area contributed by atoms with Crippen molar-refractivity contribution in [3.05, 3.63) is 53.1 Å². The van der Waals surface area contributed by atoms with Crippen LogP contribution in [0.25, 0.3) is 10.2 Å². The topological polar surface area (TPSA) is 123 Å². The number of aromatic nitrogens is 1. The Balaban J connectivity index is 1.93. The van der Waals surface area contributed by atoms with E-state index in [-0.39, 0.29) is 18.1 Å². The van der Waals surface area contributed by atoms with Gasteiger partial charge in [-0.1, -0.05) is 44.6 Å². The molecule has 0 amide bonds. The van der Waals surface area contributed by atoms with Gasteiger partial charge in [-0.3, -0.25) is 9.59 Å². The number of fused-ring (bicyclic) bond motifs is 1. The number of benzene rings is 1. The standard InChI is InChI=1S/C31H44N2O5S/c1-6-7-11-22-29(36)20(3)10-8-9-19(2)12-14-24(38-28(35)17-26(34)31(4,5)30(22)37)21-13-15-25-23(16-21)33-27(18-32)39-25/h6,12-13,15-16,20,22,24,26,29,34,36H,1,7-11,14,17-18,32H2,2-5H3/b19-12-. The van der Waals surface area contributed by atoms with E-state index in [1.54, 1.807) is 31.3 Å². The number of carbonyl (C=O) groups excluding carboxylic acids is 2. The van der Waals surface area contributed by atoms with Crippen LogP contribution in [0.15, 0.2) is 42.5 Å². The lowest BCUT2D eigenvalue weighted by molar-refractivity contribution is -0.156. The summed E-state index contributed by atoms with van der Waals surface area (Å²) >= 11 is 1.54. The average Bonchev–Trinajstić information content (AvgIpc) is 3.32. The number of hydrogen-bond acceptors (Lipinski definition) is 8. The van der Waals surface area contributed by atoms with Gasteiger partial charge in [0.2, 0.25) is 0 Å². The SMILES string of the molecule is C=CCCC1C(=O)C(C)(C)C(O)CC(=O)OC(c2ccc3sc(CN)nc3c2)C/C=C(/C)CCCC(C)C1O. The van der Waals surface area contributed by atoms with Crippen molar-refractivity contribution in [3.8, 4) is 0 Å². The van der Waals surface area contributed by atoms with Crippen LogP contribution < -0.4 is 5.73 Å². The van der Waals surface area contributed by atoms with Crippen molar-refractivity contribution in [3.63, 3.8) is 0 Å². The van der Waals surface area contributed by atoms with Crippen LogP contribution in [0.4, 0.5) is 0 Å². The largest absolute Gasteiger partial charge is 0.457 e. The molecule has 39 heavy (non-hydrogen) atoms. The molecule has 7 nitrogen and oxygen atoms in total. The van der Waals surface area contributed by atoms with Gasteiger partial charge in [0.25, 0.3) is 0 Å². The number of aliphatic hydroxyl groups is 2. The molecule has 4 N–H and O–H groups in total. The Morgan fingerprint density at radius 1 is 1.28 bits per heavy atom. The molecular weight excluding hydrogens is 512 g/mol. The molecule has 5 atom stereocenters. The molecule has 1 aromatic heterocycles. The maximum Gasteiger partial charge on any atom is 0.309 e. The number of allylic oxidation sites excluding steroid dienone is 2. The molecule has 2 aromatic rings. The number of Topliss-reactive ketones (excluding diaryl/α,β-unsaturated/α-hetero) is 1. The molecule has 2 heterocycles. The molecule has 0 saturated carbocycles. The molecule has 0 saturated heterocycles. The number of thiazole rings is 1. The van der Waals surface area contributed by atoms with Crippen LogP contribution in [0.3, 0.4) is 0 Å². The minimum atomic E-state index is -1.26. The molecule has 0 bridgehead atoms. The molecule has 0 radical (unpaired) electrons. The molecule has 0 spiro atoms. The maximum atomic E-state index is 13.7. The number of nitrogens with zero attached hydrogens (tertiary/aromatic N) is 1. The summed E-state index contributed by atoms with van der Waals surface area (Å²) in [6.45, 7) is 11.4. The second-order valence-electron chi connectivity index (χ2n) is 11.4. The number of cyclic esters (lactones) is 1. The summed E-state index contributed by atoms with van der Waals surface area (Å²) in [5.74, 6) is -1.56. The van der Waals surface area contributed by atoms with Crippen LogP contribution in [0.1, 0.15) is 89.3 Å². The first-order valence-corrected chi connectivity index (χ1v) is 14.7. The Bertz CT molecular complexity index is 1190. The van der Waals surface area contributed by atoms with Gasteiger partial charge in [0.1, 0.15) is 16.9 Å². The third-order valence-electron chi connectivity index (χ3n) is 8.03. The maximum absolute atomic E-state index is 13.7. The zero-order chi connectivity index (χ0) is 28.7. The first-order valence-electron chi connectivity index (χ1n) is 13.9. The van der Waals surface area contributed by atoms with E-state index in [0.29, 0.717) is 25.8 Å². The van der Waals surface area contributed by atoms with Gasteiger partial charge in [-0.25, -0.2) is 4.98 Å². The van der Waals surface area contributed by atoms with Crippen molar-refractivity contribution >= 4 is 33.3 Å². The third kappa shape index (κ3) is 7.84. The molecule has 1 aliphatic rings. The third-order valence-corrected chi connectivity index (χ3v) is 9.09. The second kappa shape index (κ2) is 13.8. The van der Waals surface area contributed by atoms with E-state index in [1.807, 2.05) is 25.1 Å². The molecule has 0 aliphatic carbocycles. The van der Waals surface area contributed by atoms with Gasteiger partial charge in [0.15, 0.2) is 0 Å². The monoisotopic (exact) mass is 556 g/mol. The lowest BCUT2D eigenvalue weighted by Crippen LogP contribution is -2.46. The average molecular weight is 557 g/mol. The van der Waals surface area contributed by atoms with E-state index in [9.17, 15) is 19.8 Å². The van der Waals surface area contributed by atoms with E-state index >= 15 is 0 Å². The first-order chi connectivity index (χ1) is 18.5. The van der Waals surface area contributed by atoms with Gasteiger partial charge in [-0.2, -0.15) is 0 Å². The fraction of sp³-hybridized carbons (Fsp3) is 0.581. The number of ether oxygens (including phenoxy) is 1. The molecule has 214 valence electrons. The van der Waals surface area contributed by atoms with Crippen molar-refractivity contribution in [2.45, 2.75) is 97.5 Å². The molecule has 1 aliphatic heterocycles. The second-order valence-corrected chi connectivity index (χ2v) is 12.6. The highest BCUT2D eigenvalue weighted by atomic mass is 32.1. The number of esters is 1. The number of rotatable bonds is 5. The molecule has 3 rings (SSSR count). The van der Waals surface area contributed by atoms with Crippen LogP contribution in [0, 0.1) is 17.3 Å². The number of nitrogens with two attached hydrogens (primary N) is 1. The molecule has 8 heteroatoms. The van der Waals surface area contributed by atoms with Gasteiger partial charge in [0, 0.05) is 18.9 Å². The number of ketones is 1. The van der Waals surface area contributed by atoms with Crippen molar-refractivity contribution in [1.29, 1.82) is 0 Å². The van der Waals surface area contributed by atoms with Gasteiger partial charge in [0.05, 0.1) is 34.3 Å². The smallest absolute Gasteiger partial charge is 0.309 e. The zero-order valence-electron chi connectivity index (χ0n) is 23.7. The van der Waals surface area contributed by atoms with E-state index in [2.05, 4.69) is 24.6 Å². The van der Waals surface area contributed by atoms with E-state index < -0.39 is 35.6 Å². The summed E-state index contributed by atoms with van der Waals surface area (Å²) in [5.41, 5.74) is 7.33. The zero-order valence-corrected chi connectivity index (χ0v) is 24.5. The summed E-state index contributed by atoms with van der Waals surface area (Å²) in [4.78, 5) is 31.4. The van der Waals surface area contributed by atoms with Crippen molar-refractivity contribution < 1.29 is 24.5 Å². The fourth-order valence-electron chi connectivity index (χ4n) is 5.23. The van der Waals surface area contributed by atoms with Gasteiger partial charge in [-0.15, -0.1) is 17.9 Å². The minimum absolute atomic E-state index is 0.0848. The van der Waals surface area contributed by atoms with Crippen LogP contribution in [0.2, 0.25) is 0 Å². The normalized spacial score (nSPS) is 29.0. The quantitative estimate of drug-likeness (QED) is 0.315. The van der Waals surface area contributed by atoms with Crippen molar-refractivity contribution in [2.24, 2.45) is 23.0 Å². The Labute approximate surface area is 236 Å². The predicted octanol–water partition coefficient (Wildman–Crippen LogP) is 5.79. The highest BCUT2D eigenvalue weighted by Gasteiger charge is 2.43. The summed E-state index contributed by atoms with van der Waals surface area (Å²) in [7, 11) is 0. The van der Waals surface area contributed by atoms with Crippen LogP contribution in [-0.2, 0) is 20.9 Å². The first kappa shape index (κ1) is 31.1. The summed E-state index contributed by atoms with van der Waals surface area (Å²) < 4.78 is 6.95. The summed E-state index contributed by atoms with van der Waals surface area (Å²) in [6, 6.07) is 5.84. The Hall–Kier alpha value is -2.39. The Kier molecular flexibility index (Phi) is 11.0. The molecule has 0 fully saturated rings. The highest BCUT2D eigenvalue weighted by Crippen LogP contribution is 2.35. The number of carbonyl (C=O) groups is 2. The van der Waals surface area contributed by atoms with E-state index in [0.717, 1.165) is 40.1 Å². The van der Waals surface area contributed by atoms with Crippen LogP contribution >= 0.6 is 11.3 Å². The van der Waals surface area contributed by atoms with Gasteiger partial charge >= 0.3 is 5.97 Å². The number of aliphatic hydroxyl groups excluding tert-OH is 2. The predicted molar refractivity (Wildman–Crippen MR) is 156 cm³/mol. The molecular formula is C31H44N2O5S. The summed E-state index contributed by atoms with van der Waals surface area (Å²) in [6.07, 6.45) is 4.85. The molecule has 1 aromatic carbocycles. The minimum Gasteiger partial charge on any atom is -0.457 e. The van der Waals surface area contributed by atoms with Gasteiger partial charge < -0.3 is 20.7 Å². The van der Waals surface area contributed by atoms with Crippen LogP contribution in [0.5, 0.6) is 0 Å². The van der Waals surface area contributed by atoms with Crippen molar-refractivity contribution in [2.75, 3.05) is 0 Å². The van der Waals surface area contributed by atoms with Crippen LogP contribution in [-0.4, -0.2) is 39.2 Å². The van der Waals surface area contributed by atoms with Crippen molar-refractivity contribution in [1.82, 2.24) is 4.98 Å². The Morgan fingerprint density at radius 3 is 2.72 bits per heavy atom.